The van der Waals surface area contributed by atoms with Crippen LogP contribution in [0.1, 0.15) is 17.3 Å². The van der Waals surface area contributed by atoms with Crippen molar-refractivity contribution in [2.75, 3.05) is 6.61 Å². The van der Waals surface area contributed by atoms with Crippen molar-refractivity contribution in [3.8, 4) is 0 Å². The quantitative estimate of drug-likeness (QED) is 0.898. The van der Waals surface area contributed by atoms with Gasteiger partial charge in [0.25, 0.3) is 5.91 Å². The van der Waals surface area contributed by atoms with E-state index in [2.05, 4.69) is 26.0 Å². The molecule has 0 bridgehead atoms. The first-order valence-corrected chi connectivity index (χ1v) is 5.16. The summed E-state index contributed by atoms with van der Waals surface area (Å²) in [5, 5.41) is 2.10. The Morgan fingerprint density at radius 3 is 2.80 bits per heavy atom. The van der Waals surface area contributed by atoms with Crippen LogP contribution in [-0.4, -0.2) is 18.6 Å². The zero-order valence-electron chi connectivity index (χ0n) is 8.12. The largest absolute Gasteiger partial charge is 0.450 e. The van der Waals surface area contributed by atoms with E-state index in [4.69, 9.17) is 0 Å². The van der Waals surface area contributed by atoms with Crippen LogP contribution in [0.25, 0.3) is 0 Å². The Labute approximate surface area is 95.7 Å². The van der Waals surface area contributed by atoms with Crippen LogP contribution in [0.2, 0.25) is 0 Å². The minimum atomic E-state index is -0.734. The highest BCUT2D eigenvalue weighted by Gasteiger charge is 2.10. The van der Waals surface area contributed by atoms with Crippen LogP contribution >= 0.6 is 15.9 Å². The zero-order valence-corrected chi connectivity index (χ0v) is 9.71. The second kappa shape index (κ2) is 5.50. The predicted molar refractivity (Wildman–Crippen MR) is 58.6 cm³/mol. The SMILES string of the molecule is CCOC(=O)NC(=O)c1cccc(Br)c1. The van der Waals surface area contributed by atoms with E-state index in [0.29, 0.717) is 5.56 Å². The molecule has 0 heterocycles. The summed E-state index contributed by atoms with van der Waals surface area (Å²) in [6.45, 7) is 1.90. The van der Waals surface area contributed by atoms with Crippen molar-refractivity contribution in [1.29, 1.82) is 0 Å². The van der Waals surface area contributed by atoms with Crippen molar-refractivity contribution >= 4 is 27.9 Å². The van der Waals surface area contributed by atoms with Gasteiger partial charge in [0.1, 0.15) is 0 Å². The van der Waals surface area contributed by atoms with Gasteiger partial charge in [0.2, 0.25) is 0 Å². The van der Waals surface area contributed by atoms with E-state index in [9.17, 15) is 9.59 Å². The lowest BCUT2D eigenvalue weighted by Gasteiger charge is -2.03. The fourth-order valence-electron chi connectivity index (χ4n) is 0.962. The van der Waals surface area contributed by atoms with Crippen LogP contribution in [-0.2, 0) is 4.74 Å². The summed E-state index contributed by atoms with van der Waals surface area (Å²) in [6, 6.07) is 6.74. The molecule has 5 heteroatoms. The van der Waals surface area contributed by atoms with Gasteiger partial charge < -0.3 is 4.74 Å². The third-order valence-electron chi connectivity index (χ3n) is 1.58. The molecule has 4 nitrogen and oxygen atoms in total. The van der Waals surface area contributed by atoms with Gasteiger partial charge in [0.05, 0.1) is 6.61 Å². The molecule has 1 aromatic carbocycles. The summed E-state index contributed by atoms with van der Waals surface area (Å²) in [5.74, 6) is -0.477. The number of benzene rings is 1. The number of nitrogens with one attached hydrogen (secondary N) is 1. The van der Waals surface area contributed by atoms with Crippen molar-refractivity contribution in [3.63, 3.8) is 0 Å². The molecule has 0 aliphatic carbocycles. The highest BCUT2D eigenvalue weighted by atomic mass is 79.9. The van der Waals surface area contributed by atoms with Gasteiger partial charge >= 0.3 is 6.09 Å². The molecule has 0 aliphatic heterocycles. The van der Waals surface area contributed by atoms with Crippen LogP contribution in [0.15, 0.2) is 28.7 Å². The topological polar surface area (TPSA) is 55.4 Å². The summed E-state index contributed by atoms with van der Waals surface area (Å²) < 4.78 is 5.36. The average molecular weight is 272 g/mol. The van der Waals surface area contributed by atoms with Gasteiger partial charge in [-0.2, -0.15) is 0 Å². The number of amides is 2. The molecule has 0 aliphatic rings. The van der Waals surface area contributed by atoms with E-state index in [1.807, 2.05) is 0 Å². The molecule has 0 fully saturated rings. The fraction of sp³-hybridized carbons (Fsp3) is 0.200. The molecule has 0 unspecified atom stereocenters. The zero-order chi connectivity index (χ0) is 11.3. The van der Waals surface area contributed by atoms with E-state index in [0.717, 1.165) is 4.47 Å². The molecule has 0 saturated carbocycles. The summed E-state index contributed by atoms with van der Waals surface area (Å²) in [6.07, 6.45) is -0.734. The number of carbonyl (C=O) groups is 2. The maximum Gasteiger partial charge on any atom is 0.414 e. The van der Waals surface area contributed by atoms with Crippen LogP contribution in [0, 0.1) is 0 Å². The molecule has 80 valence electrons. The predicted octanol–water partition coefficient (Wildman–Crippen LogP) is 2.34. The van der Waals surface area contributed by atoms with Crippen molar-refractivity contribution in [3.05, 3.63) is 34.3 Å². The monoisotopic (exact) mass is 271 g/mol. The number of alkyl carbamates (subject to hydrolysis) is 1. The van der Waals surface area contributed by atoms with E-state index in [1.54, 1.807) is 31.2 Å². The number of hydrogen-bond acceptors (Lipinski definition) is 3. The van der Waals surface area contributed by atoms with E-state index < -0.39 is 12.0 Å². The van der Waals surface area contributed by atoms with Crippen molar-refractivity contribution in [1.82, 2.24) is 5.32 Å². The molecule has 15 heavy (non-hydrogen) atoms. The summed E-state index contributed by atoms with van der Waals surface area (Å²) in [5.41, 5.74) is 0.400. The second-order valence-corrected chi connectivity index (χ2v) is 3.60. The molecular weight excluding hydrogens is 262 g/mol. The molecule has 1 N–H and O–H groups in total. The van der Waals surface area contributed by atoms with E-state index >= 15 is 0 Å². The number of halogens is 1. The summed E-state index contributed by atoms with van der Waals surface area (Å²) in [7, 11) is 0. The van der Waals surface area contributed by atoms with E-state index in [1.165, 1.54) is 0 Å². The molecule has 2 amide bonds. The Bertz CT molecular complexity index is 379. The number of hydrogen-bond donors (Lipinski definition) is 1. The maximum atomic E-state index is 11.4. The van der Waals surface area contributed by atoms with Crippen LogP contribution in [0.5, 0.6) is 0 Å². The fourth-order valence-corrected chi connectivity index (χ4v) is 1.36. The standard InChI is InChI=1S/C10H10BrNO3/c1-2-15-10(14)12-9(13)7-4-3-5-8(11)6-7/h3-6H,2H2,1H3,(H,12,13,14). The molecular formula is C10H10BrNO3. The second-order valence-electron chi connectivity index (χ2n) is 2.68. The average Bonchev–Trinajstić information content (AvgIpc) is 2.18. The van der Waals surface area contributed by atoms with Crippen LogP contribution < -0.4 is 5.32 Å². The first-order valence-electron chi connectivity index (χ1n) is 4.37. The van der Waals surface area contributed by atoms with Crippen LogP contribution in [0.3, 0.4) is 0 Å². The Hall–Kier alpha value is -1.36. The number of imide groups is 1. The van der Waals surface area contributed by atoms with Crippen molar-refractivity contribution in [2.45, 2.75) is 6.92 Å². The lowest BCUT2D eigenvalue weighted by atomic mass is 10.2. The van der Waals surface area contributed by atoms with Gasteiger partial charge in [-0.05, 0) is 25.1 Å². The molecule has 0 aromatic heterocycles. The Balaban J connectivity index is 2.65. The lowest BCUT2D eigenvalue weighted by Crippen LogP contribution is -2.30. The molecule has 0 saturated heterocycles. The van der Waals surface area contributed by atoms with Gasteiger partial charge in [0, 0.05) is 10.0 Å². The molecule has 0 radical (unpaired) electrons. The normalized spacial score (nSPS) is 9.47. The minimum absolute atomic E-state index is 0.234. The van der Waals surface area contributed by atoms with Crippen molar-refractivity contribution < 1.29 is 14.3 Å². The lowest BCUT2D eigenvalue weighted by molar-refractivity contribution is 0.0925. The molecule has 1 rings (SSSR count). The third kappa shape index (κ3) is 3.71. The Morgan fingerprint density at radius 1 is 1.47 bits per heavy atom. The smallest absolute Gasteiger partial charge is 0.414 e. The van der Waals surface area contributed by atoms with Gasteiger partial charge in [-0.1, -0.05) is 22.0 Å². The number of ether oxygens (including phenoxy) is 1. The molecule has 0 spiro atoms. The molecule has 0 atom stereocenters. The maximum absolute atomic E-state index is 11.4. The first-order chi connectivity index (χ1) is 7.13. The van der Waals surface area contributed by atoms with Crippen molar-refractivity contribution in [2.24, 2.45) is 0 Å². The Morgan fingerprint density at radius 2 is 2.20 bits per heavy atom. The summed E-state index contributed by atoms with van der Waals surface area (Å²) >= 11 is 3.23. The van der Waals surface area contributed by atoms with Crippen LogP contribution in [0.4, 0.5) is 4.79 Å². The number of carbonyl (C=O) groups excluding carboxylic acids is 2. The van der Waals surface area contributed by atoms with Gasteiger partial charge in [-0.15, -0.1) is 0 Å². The third-order valence-corrected chi connectivity index (χ3v) is 2.07. The number of rotatable bonds is 2. The highest BCUT2D eigenvalue weighted by Crippen LogP contribution is 2.11. The van der Waals surface area contributed by atoms with Gasteiger partial charge in [-0.25, -0.2) is 4.79 Å². The molecule has 1 aromatic rings. The highest BCUT2D eigenvalue weighted by molar-refractivity contribution is 9.10. The first kappa shape index (κ1) is 11.7. The summed E-state index contributed by atoms with van der Waals surface area (Å²) in [4.78, 5) is 22.4. The van der Waals surface area contributed by atoms with E-state index in [-0.39, 0.29) is 6.61 Å². The van der Waals surface area contributed by atoms with Gasteiger partial charge in [0.15, 0.2) is 0 Å². The minimum Gasteiger partial charge on any atom is -0.450 e. The Kier molecular flexibility index (Phi) is 4.30. The van der Waals surface area contributed by atoms with Gasteiger partial charge in [-0.3, -0.25) is 10.1 Å².